The molecule has 1 aliphatic heterocycles. The lowest BCUT2D eigenvalue weighted by atomic mass is 10.0. The molecule has 1 aliphatic carbocycles. The molecule has 29 heavy (non-hydrogen) atoms. The van der Waals surface area contributed by atoms with E-state index in [4.69, 9.17) is 0 Å². The van der Waals surface area contributed by atoms with Crippen LogP contribution in [0.3, 0.4) is 0 Å². The third-order valence-corrected chi connectivity index (χ3v) is 6.60. The van der Waals surface area contributed by atoms with E-state index < -0.39 is 0 Å². The molecule has 2 aromatic heterocycles. The Morgan fingerprint density at radius 3 is 2.69 bits per heavy atom. The van der Waals surface area contributed by atoms with Crippen LogP contribution in [0.25, 0.3) is 10.9 Å². The molecule has 5 rings (SSSR count). The zero-order chi connectivity index (χ0) is 19.6. The van der Waals surface area contributed by atoms with Crippen LogP contribution in [0.15, 0.2) is 36.5 Å². The van der Waals surface area contributed by atoms with E-state index in [1.165, 1.54) is 36.6 Å². The van der Waals surface area contributed by atoms with Crippen molar-refractivity contribution in [3.05, 3.63) is 47.9 Å². The minimum Gasteiger partial charge on any atom is -0.301 e. The first kappa shape index (κ1) is 18.6. The van der Waals surface area contributed by atoms with Crippen molar-refractivity contribution in [1.29, 1.82) is 0 Å². The second-order valence-corrected chi connectivity index (χ2v) is 8.25. The largest absolute Gasteiger partial charge is 0.301 e. The van der Waals surface area contributed by atoms with Crippen LogP contribution >= 0.6 is 0 Å². The van der Waals surface area contributed by atoms with Gasteiger partial charge in [-0.2, -0.15) is 0 Å². The molecular weight excluding hydrogens is 362 g/mol. The van der Waals surface area contributed by atoms with Crippen molar-refractivity contribution in [3.63, 3.8) is 0 Å². The molecule has 0 N–H and O–H groups in total. The lowest BCUT2D eigenvalue weighted by Crippen LogP contribution is -2.48. The smallest absolute Gasteiger partial charge is 0.173 e. The fourth-order valence-corrected chi connectivity index (χ4v) is 4.91. The van der Waals surface area contributed by atoms with Gasteiger partial charge in [-0.15, -0.1) is 5.10 Å². The molecule has 3 heterocycles. The van der Waals surface area contributed by atoms with Gasteiger partial charge >= 0.3 is 0 Å². The van der Waals surface area contributed by atoms with Gasteiger partial charge in [-0.3, -0.25) is 9.88 Å². The molecule has 0 amide bonds. The van der Waals surface area contributed by atoms with Gasteiger partial charge in [0.1, 0.15) is 0 Å². The van der Waals surface area contributed by atoms with E-state index in [1.807, 2.05) is 12.3 Å². The van der Waals surface area contributed by atoms with Crippen molar-refractivity contribution in [2.75, 3.05) is 32.7 Å². The van der Waals surface area contributed by atoms with E-state index in [0.29, 0.717) is 6.04 Å². The maximum absolute atomic E-state index is 4.56. The Bertz CT molecular complexity index is 954. The Hall–Kier alpha value is -2.38. The summed E-state index contributed by atoms with van der Waals surface area (Å²) in [7, 11) is 0. The Kier molecular flexibility index (Phi) is 5.24. The summed E-state index contributed by atoms with van der Waals surface area (Å²) in [5, 5.41) is 14.3. The van der Waals surface area contributed by atoms with Crippen molar-refractivity contribution in [1.82, 2.24) is 35.0 Å². The highest BCUT2D eigenvalue weighted by Crippen LogP contribution is 2.35. The summed E-state index contributed by atoms with van der Waals surface area (Å²) in [6.45, 7) is 7.59. The van der Waals surface area contributed by atoms with Gasteiger partial charge < -0.3 is 4.90 Å². The van der Waals surface area contributed by atoms with E-state index in [1.54, 1.807) is 0 Å². The molecule has 0 bridgehead atoms. The van der Waals surface area contributed by atoms with Gasteiger partial charge in [0.2, 0.25) is 0 Å². The number of benzene rings is 1. The van der Waals surface area contributed by atoms with Crippen LogP contribution in [0, 0.1) is 0 Å². The van der Waals surface area contributed by atoms with Crippen molar-refractivity contribution in [2.24, 2.45) is 0 Å². The monoisotopic (exact) mass is 391 g/mol. The molecule has 7 heteroatoms. The zero-order valence-electron chi connectivity index (χ0n) is 17.1. The van der Waals surface area contributed by atoms with Crippen LogP contribution in [0.4, 0.5) is 0 Å². The molecule has 7 nitrogen and oxygen atoms in total. The predicted molar refractivity (Wildman–Crippen MR) is 113 cm³/mol. The lowest BCUT2D eigenvalue weighted by molar-refractivity contribution is 0.107. The highest BCUT2D eigenvalue weighted by Gasteiger charge is 2.32. The summed E-state index contributed by atoms with van der Waals surface area (Å²) < 4.78 is 2.12. The number of aromatic nitrogens is 5. The van der Waals surface area contributed by atoms with Gasteiger partial charge in [-0.25, -0.2) is 4.68 Å². The maximum Gasteiger partial charge on any atom is 0.173 e. The fourth-order valence-electron chi connectivity index (χ4n) is 4.91. The second kappa shape index (κ2) is 8.16. The summed E-state index contributed by atoms with van der Waals surface area (Å²) in [6, 6.07) is 11.3. The number of hydrogen-bond acceptors (Lipinski definition) is 6. The summed E-state index contributed by atoms with van der Waals surface area (Å²) in [5.41, 5.74) is 2.28. The normalized spacial score (nSPS) is 20.4. The first-order valence-electron chi connectivity index (χ1n) is 10.9. The molecule has 2 aliphatic rings. The Labute approximate surface area is 171 Å². The molecule has 1 saturated carbocycles. The van der Waals surface area contributed by atoms with Crippen LogP contribution in [0.5, 0.6) is 0 Å². The topological polar surface area (TPSA) is 63.0 Å². The third-order valence-electron chi connectivity index (χ3n) is 6.60. The highest BCUT2D eigenvalue weighted by molar-refractivity contribution is 5.79. The third kappa shape index (κ3) is 3.65. The number of rotatable bonds is 5. The van der Waals surface area contributed by atoms with Crippen molar-refractivity contribution >= 4 is 10.9 Å². The number of tetrazole rings is 1. The standard InChI is InChI=1S/C22H29N7/c1-2-27-12-14-28(15-13-27)21(18-9-10-20-17(16-18)6-5-11-23-20)22-24-25-26-29(22)19-7-3-4-8-19/h5-6,9-11,16,19,21H,2-4,7-8,12-15H2,1H3/t21-/m0/s1. The summed E-state index contributed by atoms with van der Waals surface area (Å²) >= 11 is 0. The molecule has 152 valence electrons. The number of hydrogen-bond donors (Lipinski definition) is 0. The molecule has 1 atom stereocenters. The molecule has 1 saturated heterocycles. The first-order valence-corrected chi connectivity index (χ1v) is 10.9. The van der Waals surface area contributed by atoms with Crippen LogP contribution in [0.2, 0.25) is 0 Å². The van der Waals surface area contributed by atoms with Crippen LogP contribution < -0.4 is 0 Å². The fraction of sp³-hybridized carbons (Fsp3) is 0.545. The Morgan fingerprint density at radius 2 is 1.90 bits per heavy atom. The van der Waals surface area contributed by atoms with E-state index in [9.17, 15) is 0 Å². The quantitative estimate of drug-likeness (QED) is 0.666. The van der Waals surface area contributed by atoms with E-state index in [2.05, 4.69) is 66.2 Å². The first-order chi connectivity index (χ1) is 14.3. The minimum atomic E-state index is 0.0780. The Balaban J connectivity index is 1.55. The number of fused-ring (bicyclic) bond motifs is 1. The molecule has 3 aromatic rings. The van der Waals surface area contributed by atoms with Gasteiger partial charge in [-0.05, 0) is 53.6 Å². The highest BCUT2D eigenvalue weighted by atomic mass is 15.6. The van der Waals surface area contributed by atoms with Crippen LogP contribution in [-0.4, -0.2) is 67.7 Å². The molecule has 0 radical (unpaired) electrons. The SMILES string of the molecule is CCN1CCN([C@@H](c2ccc3ncccc3c2)c2nnnn2C2CCCC2)CC1. The summed E-state index contributed by atoms with van der Waals surface area (Å²) in [5.74, 6) is 0.991. The lowest BCUT2D eigenvalue weighted by Gasteiger charge is -2.38. The number of piperazine rings is 1. The average molecular weight is 392 g/mol. The molecule has 1 aromatic carbocycles. The number of pyridine rings is 1. The number of likely N-dealkylation sites (N-methyl/N-ethyl adjacent to an activating group) is 1. The molecule has 0 unspecified atom stereocenters. The minimum absolute atomic E-state index is 0.0780. The predicted octanol–water partition coefficient (Wildman–Crippen LogP) is 3.06. The summed E-state index contributed by atoms with van der Waals surface area (Å²) in [4.78, 5) is 9.56. The average Bonchev–Trinajstić information content (AvgIpc) is 3.46. The van der Waals surface area contributed by atoms with Gasteiger partial charge in [0, 0.05) is 37.8 Å². The Morgan fingerprint density at radius 1 is 1.07 bits per heavy atom. The van der Waals surface area contributed by atoms with E-state index >= 15 is 0 Å². The molecular formula is C22H29N7. The summed E-state index contributed by atoms with van der Waals surface area (Å²) in [6.07, 6.45) is 6.74. The van der Waals surface area contributed by atoms with Crippen molar-refractivity contribution in [2.45, 2.75) is 44.7 Å². The molecule has 2 fully saturated rings. The van der Waals surface area contributed by atoms with E-state index in [0.717, 1.165) is 44.1 Å². The maximum atomic E-state index is 4.56. The van der Waals surface area contributed by atoms with E-state index in [-0.39, 0.29) is 6.04 Å². The van der Waals surface area contributed by atoms with Crippen molar-refractivity contribution in [3.8, 4) is 0 Å². The van der Waals surface area contributed by atoms with Gasteiger partial charge in [-0.1, -0.05) is 31.9 Å². The molecule has 0 spiro atoms. The zero-order valence-corrected chi connectivity index (χ0v) is 17.1. The van der Waals surface area contributed by atoms with Crippen molar-refractivity contribution < 1.29 is 0 Å². The number of nitrogens with zero attached hydrogens (tertiary/aromatic N) is 7. The van der Waals surface area contributed by atoms with Gasteiger partial charge in [0.05, 0.1) is 17.6 Å². The van der Waals surface area contributed by atoms with Crippen LogP contribution in [-0.2, 0) is 0 Å². The second-order valence-electron chi connectivity index (χ2n) is 8.25. The van der Waals surface area contributed by atoms with Gasteiger partial charge in [0.25, 0.3) is 0 Å². The van der Waals surface area contributed by atoms with Gasteiger partial charge in [0.15, 0.2) is 5.82 Å². The van der Waals surface area contributed by atoms with Crippen LogP contribution in [0.1, 0.15) is 56.1 Å².